The summed E-state index contributed by atoms with van der Waals surface area (Å²) in [6, 6.07) is 0. The second-order valence-corrected chi connectivity index (χ2v) is 8.49. The Bertz CT molecular complexity index is 404. The van der Waals surface area contributed by atoms with E-state index >= 15 is 0 Å². The van der Waals surface area contributed by atoms with Crippen molar-refractivity contribution in [1.82, 2.24) is 4.90 Å². The van der Waals surface area contributed by atoms with E-state index in [1.54, 1.807) is 0 Å². The van der Waals surface area contributed by atoms with Gasteiger partial charge in [0.1, 0.15) is 0 Å². The molecule has 19 heavy (non-hydrogen) atoms. The van der Waals surface area contributed by atoms with Gasteiger partial charge in [-0.1, -0.05) is 19.8 Å². The number of carbonyl (C=O) groups is 1. The summed E-state index contributed by atoms with van der Waals surface area (Å²) in [7, 11) is -3.05. The second-order valence-electron chi connectivity index (χ2n) is 6.09. The van der Waals surface area contributed by atoms with Gasteiger partial charge in [0.2, 0.25) is 5.91 Å². The molecule has 0 N–H and O–H groups in total. The molecule has 1 saturated carbocycles. The van der Waals surface area contributed by atoms with Crippen LogP contribution in [0.5, 0.6) is 0 Å². The van der Waals surface area contributed by atoms with E-state index in [0.717, 1.165) is 51.6 Å². The molecule has 0 unspecified atom stereocenters. The maximum absolute atomic E-state index is 12.1. The first-order valence-electron chi connectivity index (χ1n) is 7.48. The fourth-order valence-electron chi connectivity index (χ4n) is 3.06. The summed E-state index contributed by atoms with van der Waals surface area (Å²) >= 11 is 0. The number of piperidine rings is 1. The number of amides is 1. The van der Waals surface area contributed by atoms with Gasteiger partial charge in [0.05, 0.1) is 11.0 Å². The molecule has 0 aromatic heterocycles. The number of rotatable bonds is 4. The molecule has 1 aliphatic carbocycles. The number of nitrogens with zero attached hydrogens (tertiary/aromatic N) is 1. The largest absolute Gasteiger partial charge is 0.343 e. The zero-order chi connectivity index (χ0) is 13.9. The first kappa shape index (κ1) is 14.8. The molecule has 0 bridgehead atoms. The Morgan fingerprint density at radius 1 is 1.11 bits per heavy atom. The van der Waals surface area contributed by atoms with Crippen molar-refractivity contribution in [2.45, 2.75) is 57.1 Å². The van der Waals surface area contributed by atoms with E-state index in [1.165, 1.54) is 0 Å². The molecular formula is C14H25NO3S. The number of hydrogen-bond donors (Lipinski definition) is 0. The van der Waals surface area contributed by atoms with Crippen molar-refractivity contribution < 1.29 is 13.2 Å². The highest BCUT2D eigenvalue weighted by molar-refractivity contribution is 7.92. The predicted octanol–water partition coefficient (Wildman–Crippen LogP) is 1.99. The van der Waals surface area contributed by atoms with Crippen LogP contribution >= 0.6 is 0 Å². The Morgan fingerprint density at radius 2 is 1.68 bits per heavy atom. The highest BCUT2D eigenvalue weighted by Gasteiger charge is 2.30. The minimum Gasteiger partial charge on any atom is -0.343 e. The summed E-state index contributed by atoms with van der Waals surface area (Å²) in [5.41, 5.74) is 0. The van der Waals surface area contributed by atoms with E-state index in [9.17, 15) is 13.2 Å². The lowest BCUT2D eigenvalue weighted by molar-refractivity contribution is -0.132. The fraction of sp³-hybridized carbons (Fsp3) is 0.929. The van der Waals surface area contributed by atoms with E-state index in [0.29, 0.717) is 5.92 Å². The lowest BCUT2D eigenvalue weighted by Crippen LogP contribution is -2.39. The molecule has 110 valence electrons. The van der Waals surface area contributed by atoms with Crippen LogP contribution in [0.4, 0.5) is 0 Å². The molecule has 0 aromatic rings. The topological polar surface area (TPSA) is 54.5 Å². The number of sulfone groups is 1. The van der Waals surface area contributed by atoms with Gasteiger partial charge in [0.25, 0.3) is 0 Å². The normalized spacial score (nSPS) is 22.9. The van der Waals surface area contributed by atoms with E-state index < -0.39 is 9.84 Å². The highest BCUT2D eigenvalue weighted by Crippen LogP contribution is 2.25. The highest BCUT2D eigenvalue weighted by atomic mass is 32.2. The van der Waals surface area contributed by atoms with Gasteiger partial charge in [-0.25, -0.2) is 8.42 Å². The van der Waals surface area contributed by atoms with Crippen molar-refractivity contribution in [3.63, 3.8) is 0 Å². The molecule has 1 amide bonds. The molecule has 1 saturated heterocycles. The first-order valence-corrected chi connectivity index (χ1v) is 9.20. The number of likely N-dealkylation sites (tertiary alicyclic amines) is 1. The van der Waals surface area contributed by atoms with Crippen molar-refractivity contribution in [3.05, 3.63) is 0 Å². The Morgan fingerprint density at radius 3 is 2.26 bits per heavy atom. The molecule has 0 aromatic carbocycles. The van der Waals surface area contributed by atoms with Gasteiger partial charge in [0.15, 0.2) is 9.84 Å². The smallest absolute Gasteiger partial charge is 0.223 e. The maximum atomic E-state index is 12.1. The third-order valence-electron chi connectivity index (χ3n) is 4.55. The minimum absolute atomic E-state index is 0.0217. The fourth-order valence-corrected chi connectivity index (χ4v) is 4.90. The van der Waals surface area contributed by atoms with E-state index in [2.05, 4.69) is 6.92 Å². The molecule has 0 spiro atoms. The van der Waals surface area contributed by atoms with Gasteiger partial charge in [0, 0.05) is 19.5 Å². The molecule has 0 atom stereocenters. The van der Waals surface area contributed by atoms with Gasteiger partial charge in [-0.15, -0.1) is 0 Å². The maximum Gasteiger partial charge on any atom is 0.223 e. The Kier molecular flexibility index (Phi) is 4.87. The summed E-state index contributed by atoms with van der Waals surface area (Å²) in [6.07, 6.45) is 5.87. The van der Waals surface area contributed by atoms with Gasteiger partial charge in [-0.05, 0) is 31.6 Å². The standard InChI is InChI=1S/C14H25NO3S/c1-12-6-9-15(10-7-12)14(16)8-11-19(17,18)13-4-2-3-5-13/h12-13H,2-11H2,1H3. The minimum atomic E-state index is -3.05. The van der Waals surface area contributed by atoms with Crippen LogP contribution in [-0.4, -0.2) is 43.3 Å². The summed E-state index contributed by atoms with van der Waals surface area (Å²) in [5.74, 6) is 0.752. The molecule has 0 radical (unpaired) electrons. The lowest BCUT2D eigenvalue weighted by atomic mass is 9.99. The Hall–Kier alpha value is -0.580. The van der Waals surface area contributed by atoms with Gasteiger partial charge >= 0.3 is 0 Å². The van der Waals surface area contributed by atoms with Crippen molar-refractivity contribution in [2.24, 2.45) is 5.92 Å². The molecule has 2 aliphatic rings. The summed E-state index contributed by atoms with van der Waals surface area (Å²) in [6.45, 7) is 3.79. The van der Waals surface area contributed by atoms with Crippen LogP contribution in [0.25, 0.3) is 0 Å². The number of hydrogen-bond acceptors (Lipinski definition) is 3. The van der Waals surface area contributed by atoms with Crippen LogP contribution in [-0.2, 0) is 14.6 Å². The van der Waals surface area contributed by atoms with Gasteiger partial charge < -0.3 is 4.90 Å². The zero-order valence-electron chi connectivity index (χ0n) is 11.8. The van der Waals surface area contributed by atoms with Crippen LogP contribution in [0.15, 0.2) is 0 Å². The summed E-state index contributed by atoms with van der Waals surface area (Å²) in [5, 5.41) is -0.179. The SMILES string of the molecule is CC1CCN(C(=O)CCS(=O)(=O)C2CCCC2)CC1. The van der Waals surface area contributed by atoms with Gasteiger partial charge in [-0.2, -0.15) is 0 Å². The van der Waals surface area contributed by atoms with E-state index in [4.69, 9.17) is 0 Å². The van der Waals surface area contributed by atoms with Crippen molar-refractivity contribution in [1.29, 1.82) is 0 Å². The van der Waals surface area contributed by atoms with Crippen LogP contribution in [0.3, 0.4) is 0 Å². The molecular weight excluding hydrogens is 262 g/mol. The molecule has 2 fully saturated rings. The quantitative estimate of drug-likeness (QED) is 0.794. The predicted molar refractivity (Wildman–Crippen MR) is 75.6 cm³/mol. The molecule has 5 heteroatoms. The average molecular weight is 287 g/mol. The summed E-state index contributed by atoms with van der Waals surface area (Å²) in [4.78, 5) is 13.9. The molecule has 1 heterocycles. The van der Waals surface area contributed by atoms with Crippen molar-refractivity contribution in [3.8, 4) is 0 Å². The van der Waals surface area contributed by atoms with E-state index in [1.807, 2.05) is 4.90 Å². The molecule has 4 nitrogen and oxygen atoms in total. The molecule has 2 rings (SSSR count). The second kappa shape index (κ2) is 6.25. The zero-order valence-corrected chi connectivity index (χ0v) is 12.6. The summed E-state index contributed by atoms with van der Waals surface area (Å²) < 4.78 is 24.2. The van der Waals surface area contributed by atoms with Gasteiger partial charge in [-0.3, -0.25) is 4.79 Å². The van der Waals surface area contributed by atoms with E-state index in [-0.39, 0.29) is 23.3 Å². The third-order valence-corrected chi connectivity index (χ3v) is 6.81. The van der Waals surface area contributed by atoms with Crippen LogP contribution < -0.4 is 0 Å². The lowest BCUT2D eigenvalue weighted by Gasteiger charge is -2.30. The monoisotopic (exact) mass is 287 g/mol. The third kappa shape index (κ3) is 3.94. The van der Waals surface area contributed by atoms with Crippen molar-refractivity contribution >= 4 is 15.7 Å². The van der Waals surface area contributed by atoms with Crippen LogP contribution in [0, 0.1) is 5.92 Å². The number of carbonyl (C=O) groups excluding carboxylic acids is 1. The Balaban J connectivity index is 1.79. The van der Waals surface area contributed by atoms with Crippen LogP contribution in [0.1, 0.15) is 51.9 Å². The van der Waals surface area contributed by atoms with Crippen LogP contribution in [0.2, 0.25) is 0 Å². The Labute approximate surface area is 116 Å². The molecule has 1 aliphatic heterocycles. The average Bonchev–Trinajstić information content (AvgIpc) is 2.91. The van der Waals surface area contributed by atoms with Crippen molar-refractivity contribution in [2.75, 3.05) is 18.8 Å². The first-order chi connectivity index (χ1) is 8.99.